The van der Waals surface area contributed by atoms with Crippen molar-refractivity contribution >= 4 is 44.4 Å². The fraction of sp³-hybridized carbons (Fsp3) is 0.208. The number of carbonyl (C=O) groups is 1. The smallest absolute Gasteiger partial charge is 0.229 e. The minimum atomic E-state index is 0.108. The van der Waals surface area contributed by atoms with Crippen LogP contribution in [-0.2, 0) is 11.3 Å². The van der Waals surface area contributed by atoms with Crippen LogP contribution >= 0.6 is 23.1 Å². The molecule has 2 aromatic carbocycles. The lowest BCUT2D eigenvalue weighted by atomic mass is 10.2. The van der Waals surface area contributed by atoms with Crippen LogP contribution in [0.25, 0.3) is 10.2 Å². The molecular weight excluding hydrogens is 410 g/mol. The van der Waals surface area contributed by atoms with Gasteiger partial charge in [-0.05, 0) is 66.6 Å². The van der Waals surface area contributed by atoms with Crippen LogP contribution in [0, 0.1) is 6.92 Å². The number of aromatic nitrogens is 2. The summed E-state index contributed by atoms with van der Waals surface area (Å²) in [5, 5.41) is 0.758. The van der Waals surface area contributed by atoms with Gasteiger partial charge >= 0.3 is 0 Å². The average Bonchev–Trinajstić information content (AvgIpc) is 3.19. The largest absolute Gasteiger partial charge is 0.284 e. The highest BCUT2D eigenvalue weighted by Crippen LogP contribution is 2.31. The topological polar surface area (TPSA) is 46.1 Å². The van der Waals surface area contributed by atoms with E-state index in [4.69, 9.17) is 4.98 Å². The van der Waals surface area contributed by atoms with Crippen molar-refractivity contribution in [2.24, 2.45) is 0 Å². The predicted molar refractivity (Wildman–Crippen MR) is 126 cm³/mol. The zero-order valence-corrected chi connectivity index (χ0v) is 18.5. The van der Waals surface area contributed by atoms with E-state index in [-0.39, 0.29) is 5.91 Å². The third kappa shape index (κ3) is 5.26. The number of nitrogens with zero attached hydrogens (tertiary/aromatic N) is 3. The van der Waals surface area contributed by atoms with E-state index in [1.54, 1.807) is 35.5 Å². The summed E-state index contributed by atoms with van der Waals surface area (Å²) in [4.78, 5) is 25.1. The third-order valence-corrected chi connectivity index (χ3v) is 6.84. The van der Waals surface area contributed by atoms with Crippen LogP contribution in [0.1, 0.15) is 24.0 Å². The molecule has 0 unspecified atom stereocenters. The number of benzene rings is 2. The molecule has 0 aliphatic heterocycles. The van der Waals surface area contributed by atoms with Gasteiger partial charge in [0.1, 0.15) is 0 Å². The molecule has 0 aliphatic carbocycles. The first-order chi connectivity index (χ1) is 14.7. The summed E-state index contributed by atoms with van der Waals surface area (Å²) < 4.78 is 1.11. The van der Waals surface area contributed by atoms with Gasteiger partial charge in [0, 0.05) is 23.7 Å². The SMILES string of the molecule is Cc1ccc2nc(N(Cc3ccncc3)C(=O)CCCSc3ccccc3)sc2c1. The minimum absolute atomic E-state index is 0.108. The highest BCUT2D eigenvalue weighted by molar-refractivity contribution is 7.99. The molecule has 2 aromatic heterocycles. The summed E-state index contributed by atoms with van der Waals surface area (Å²) in [5.41, 5.74) is 3.18. The summed E-state index contributed by atoms with van der Waals surface area (Å²) in [6.07, 6.45) is 4.85. The summed E-state index contributed by atoms with van der Waals surface area (Å²) in [6.45, 7) is 2.58. The number of hydrogen-bond acceptors (Lipinski definition) is 5. The summed E-state index contributed by atoms with van der Waals surface area (Å²) in [6, 6.07) is 20.4. The molecule has 0 spiro atoms. The maximum absolute atomic E-state index is 13.2. The van der Waals surface area contributed by atoms with Gasteiger partial charge in [0.05, 0.1) is 16.8 Å². The molecule has 4 nitrogen and oxygen atoms in total. The molecule has 2 heterocycles. The molecule has 0 aliphatic rings. The molecule has 0 bridgehead atoms. The number of carbonyl (C=O) groups excluding carboxylic acids is 1. The highest BCUT2D eigenvalue weighted by Gasteiger charge is 2.20. The first-order valence-corrected chi connectivity index (χ1v) is 11.7. The maximum Gasteiger partial charge on any atom is 0.229 e. The summed E-state index contributed by atoms with van der Waals surface area (Å²) >= 11 is 3.36. The molecule has 0 saturated carbocycles. The van der Waals surface area contributed by atoms with Gasteiger partial charge in [0.2, 0.25) is 5.91 Å². The van der Waals surface area contributed by atoms with Gasteiger partial charge in [0.25, 0.3) is 0 Å². The van der Waals surface area contributed by atoms with Gasteiger partial charge in [-0.3, -0.25) is 14.7 Å². The van der Waals surface area contributed by atoms with Crippen molar-refractivity contribution in [1.82, 2.24) is 9.97 Å². The van der Waals surface area contributed by atoms with Crippen molar-refractivity contribution in [1.29, 1.82) is 0 Å². The Hall–Kier alpha value is -2.70. The summed E-state index contributed by atoms with van der Waals surface area (Å²) in [7, 11) is 0. The molecule has 4 aromatic rings. The van der Waals surface area contributed by atoms with Gasteiger partial charge < -0.3 is 0 Å². The Balaban J connectivity index is 1.48. The number of rotatable bonds is 8. The Kier molecular flexibility index (Phi) is 6.77. The van der Waals surface area contributed by atoms with Crippen LogP contribution in [0.5, 0.6) is 0 Å². The minimum Gasteiger partial charge on any atom is -0.284 e. The average molecular weight is 434 g/mol. The number of thioether (sulfide) groups is 1. The highest BCUT2D eigenvalue weighted by atomic mass is 32.2. The Labute approximate surface area is 185 Å². The Bertz CT molecular complexity index is 1110. The number of amides is 1. The lowest BCUT2D eigenvalue weighted by Gasteiger charge is -2.20. The first kappa shape index (κ1) is 20.6. The molecule has 0 fully saturated rings. The molecule has 30 heavy (non-hydrogen) atoms. The van der Waals surface area contributed by atoms with E-state index >= 15 is 0 Å². The van der Waals surface area contributed by atoms with Gasteiger partial charge in [0.15, 0.2) is 5.13 Å². The monoisotopic (exact) mass is 433 g/mol. The number of fused-ring (bicyclic) bond motifs is 1. The molecule has 0 atom stereocenters. The molecule has 0 saturated heterocycles. The van der Waals surface area contributed by atoms with Crippen LogP contribution in [-0.4, -0.2) is 21.6 Å². The van der Waals surface area contributed by atoms with Crippen molar-refractivity contribution in [3.05, 3.63) is 84.2 Å². The standard InChI is InChI=1S/C24H23N3OS2/c1-18-9-10-21-22(16-18)30-24(26-21)27(17-19-11-13-25-14-12-19)23(28)8-5-15-29-20-6-3-2-4-7-20/h2-4,6-7,9-14,16H,5,8,15,17H2,1H3. The number of hydrogen-bond donors (Lipinski definition) is 0. The fourth-order valence-electron chi connectivity index (χ4n) is 3.13. The number of aryl methyl sites for hydroxylation is 1. The molecule has 4 rings (SSSR count). The van der Waals surface area contributed by atoms with Crippen LogP contribution in [0.15, 0.2) is 78.0 Å². The number of anilines is 1. The Morgan fingerprint density at radius 1 is 1.07 bits per heavy atom. The molecule has 0 radical (unpaired) electrons. The van der Waals surface area contributed by atoms with Crippen molar-refractivity contribution in [3.8, 4) is 0 Å². The second-order valence-electron chi connectivity index (χ2n) is 7.07. The number of thiazole rings is 1. The normalized spacial score (nSPS) is 11.0. The van der Waals surface area contributed by atoms with E-state index in [1.165, 1.54) is 10.5 Å². The zero-order chi connectivity index (χ0) is 20.8. The second kappa shape index (κ2) is 9.87. The van der Waals surface area contributed by atoms with Gasteiger partial charge in [-0.1, -0.05) is 35.6 Å². The zero-order valence-electron chi connectivity index (χ0n) is 16.8. The van der Waals surface area contributed by atoms with E-state index in [9.17, 15) is 4.79 Å². The Morgan fingerprint density at radius 3 is 2.67 bits per heavy atom. The van der Waals surface area contributed by atoms with E-state index in [0.29, 0.717) is 13.0 Å². The van der Waals surface area contributed by atoms with Crippen LogP contribution < -0.4 is 4.90 Å². The van der Waals surface area contributed by atoms with Gasteiger partial charge in [-0.2, -0.15) is 0 Å². The van der Waals surface area contributed by atoms with Crippen molar-refractivity contribution in [3.63, 3.8) is 0 Å². The van der Waals surface area contributed by atoms with Gasteiger partial charge in [-0.15, -0.1) is 11.8 Å². The van der Waals surface area contributed by atoms with E-state index in [0.717, 1.165) is 33.1 Å². The molecular formula is C24H23N3OS2. The van der Waals surface area contributed by atoms with Crippen molar-refractivity contribution < 1.29 is 4.79 Å². The van der Waals surface area contributed by atoms with Crippen molar-refractivity contribution in [2.75, 3.05) is 10.7 Å². The molecule has 1 amide bonds. The second-order valence-corrected chi connectivity index (χ2v) is 9.25. The summed E-state index contributed by atoms with van der Waals surface area (Å²) in [5.74, 6) is 1.02. The van der Waals surface area contributed by atoms with Gasteiger partial charge in [-0.25, -0.2) is 4.98 Å². The van der Waals surface area contributed by atoms with Crippen LogP contribution in [0.4, 0.5) is 5.13 Å². The first-order valence-electron chi connectivity index (χ1n) is 9.93. The third-order valence-electron chi connectivity index (χ3n) is 4.70. The molecule has 6 heteroatoms. The van der Waals surface area contributed by atoms with Crippen molar-refractivity contribution in [2.45, 2.75) is 31.2 Å². The van der Waals surface area contributed by atoms with Crippen LogP contribution in [0.2, 0.25) is 0 Å². The lowest BCUT2D eigenvalue weighted by Crippen LogP contribution is -2.30. The quantitative estimate of drug-likeness (QED) is 0.249. The Morgan fingerprint density at radius 2 is 1.87 bits per heavy atom. The lowest BCUT2D eigenvalue weighted by molar-refractivity contribution is -0.118. The maximum atomic E-state index is 13.2. The fourth-order valence-corrected chi connectivity index (χ4v) is 5.09. The predicted octanol–water partition coefficient (Wildman–Crippen LogP) is 6.11. The number of pyridine rings is 1. The van der Waals surface area contributed by atoms with E-state index in [1.807, 2.05) is 41.3 Å². The van der Waals surface area contributed by atoms with E-state index < -0.39 is 0 Å². The molecule has 0 N–H and O–H groups in total. The van der Waals surface area contributed by atoms with E-state index in [2.05, 4.69) is 36.2 Å². The van der Waals surface area contributed by atoms with Crippen LogP contribution in [0.3, 0.4) is 0 Å². The molecule has 152 valence electrons.